The number of nitrogens with one attached hydrogen (secondary N) is 1. The van der Waals surface area contributed by atoms with E-state index in [4.69, 9.17) is 4.98 Å². The summed E-state index contributed by atoms with van der Waals surface area (Å²) in [6, 6.07) is 16.1. The van der Waals surface area contributed by atoms with Gasteiger partial charge in [0.1, 0.15) is 0 Å². The van der Waals surface area contributed by atoms with Crippen LogP contribution in [0, 0.1) is 0 Å². The maximum Gasteiger partial charge on any atom is 0.335 e. The van der Waals surface area contributed by atoms with Crippen molar-refractivity contribution in [1.82, 2.24) is 9.97 Å². The quantitative estimate of drug-likeness (QED) is 0.556. The molecule has 134 valence electrons. The summed E-state index contributed by atoms with van der Waals surface area (Å²) in [6.07, 6.45) is 4.30. The Hall–Kier alpha value is -3.34. The number of rotatable bonds is 4. The molecule has 2 aromatic heterocycles. The fourth-order valence-electron chi connectivity index (χ4n) is 3.64. The number of carboxylic acids is 1. The van der Waals surface area contributed by atoms with Crippen LogP contribution in [0.4, 0.5) is 5.69 Å². The van der Waals surface area contributed by atoms with E-state index >= 15 is 0 Å². The molecule has 5 nitrogen and oxygen atoms in total. The predicted octanol–water partition coefficient (Wildman–Crippen LogP) is 4.68. The molecule has 0 radical (unpaired) electrons. The van der Waals surface area contributed by atoms with Gasteiger partial charge in [-0.3, -0.25) is 0 Å². The van der Waals surface area contributed by atoms with E-state index in [-0.39, 0.29) is 5.56 Å². The Morgan fingerprint density at radius 3 is 2.74 bits per heavy atom. The zero-order valence-electron chi connectivity index (χ0n) is 14.9. The number of aromatic carboxylic acids is 1. The standard InChI is InChI=1S/C22H19N3O2/c1-25(17-4-5-17)20-12-16-11-15(22(26)27)3-7-19(16)24-21(20)14-2-6-18-13(10-14)8-9-23-18/h2-3,6-12,17,23H,4-5H2,1H3,(H,26,27). The van der Waals surface area contributed by atoms with Gasteiger partial charge < -0.3 is 15.0 Å². The van der Waals surface area contributed by atoms with E-state index < -0.39 is 5.97 Å². The monoisotopic (exact) mass is 357 g/mol. The zero-order chi connectivity index (χ0) is 18.5. The van der Waals surface area contributed by atoms with Gasteiger partial charge in [-0.15, -0.1) is 0 Å². The summed E-state index contributed by atoms with van der Waals surface area (Å²) in [5.74, 6) is -0.920. The predicted molar refractivity (Wildman–Crippen MR) is 107 cm³/mol. The van der Waals surface area contributed by atoms with Crippen molar-refractivity contribution in [3.63, 3.8) is 0 Å². The molecular formula is C22H19N3O2. The van der Waals surface area contributed by atoms with Crippen LogP contribution in [0.5, 0.6) is 0 Å². The highest BCUT2D eigenvalue weighted by molar-refractivity contribution is 5.97. The molecule has 0 spiro atoms. The molecule has 0 amide bonds. The molecule has 0 unspecified atom stereocenters. The Kier molecular flexibility index (Phi) is 3.44. The third-order valence-corrected chi connectivity index (χ3v) is 5.34. The van der Waals surface area contributed by atoms with Gasteiger partial charge in [0.15, 0.2) is 0 Å². The minimum absolute atomic E-state index is 0.283. The normalized spacial score (nSPS) is 14.0. The van der Waals surface area contributed by atoms with E-state index in [0.29, 0.717) is 6.04 Å². The first-order valence-electron chi connectivity index (χ1n) is 9.08. The number of H-pyrrole nitrogens is 1. The van der Waals surface area contributed by atoms with Gasteiger partial charge >= 0.3 is 5.97 Å². The maximum absolute atomic E-state index is 11.3. The molecule has 27 heavy (non-hydrogen) atoms. The summed E-state index contributed by atoms with van der Waals surface area (Å²) >= 11 is 0. The van der Waals surface area contributed by atoms with Gasteiger partial charge in [-0.05, 0) is 55.3 Å². The van der Waals surface area contributed by atoms with Crippen LogP contribution in [0.2, 0.25) is 0 Å². The van der Waals surface area contributed by atoms with Gasteiger partial charge in [0.2, 0.25) is 0 Å². The van der Waals surface area contributed by atoms with Gasteiger partial charge in [0, 0.05) is 41.1 Å². The zero-order valence-corrected chi connectivity index (χ0v) is 14.9. The molecule has 1 saturated carbocycles. The van der Waals surface area contributed by atoms with E-state index in [1.54, 1.807) is 18.2 Å². The molecule has 4 aromatic rings. The Labute approximate surface area is 156 Å². The first-order valence-corrected chi connectivity index (χ1v) is 9.08. The lowest BCUT2D eigenvalue weighted by Gasteiger charge is -2.22. The third-order valence-electron chi connectivity index (χ3n) is 5.34. The van der Waals surface area contributed by atoms with Crippen molar-refractivity contribution in [1.29, 1.82) is 0 Å². The fraction of sp³-hybridized carbons (Fsp3) is 0.182. The molecule has 2 aromatic carbocycles. The highest BCUT2D eigenvalue weighted by Gasteiger charge is 2.28. The minimum atomic E-state index is -0.920. The Bertz CT molecular complexity index is 1190. The minimum Gasteiger partial charge on any atom is -0.478 e. The molecule has 0 atom stereocenters. The first-order chi connectivity index (χ1) is 13.1. The largest absolute Gasteiger partial charge is 0.478 e. The number of carbonyl (C=O) groups is 1. The second-order valence-electron chi connectivity index (χ2n) is 7.19. The first kappa shape index (κ1) is 15.9. The van der Waals surface area contributed by atoms with Crippen molar-refractivity contribution in [3.8, 4) is 11.3 Å². The summed E-state index contributed by atoms with van der Waals surface area (Å²) in [7, 11) is 2.10. The van der Waals surface area contributed by atoms with Crippen molar-refractivity contribution >= 4 is 33.5 Å². The van der Waals surface area contributed by atoms with Crippen LogP contribution in [0.25, 0.3) is 33.1 Å². The van der Waals surface area contributed by atoms with Crippen LogP contribution < -0.4 is 4.90 Å². The molecule has 0 saturated heterocycles. The number of benzene rings is 2. The highest BCUT2D eigenvalue weighted by atomic mass is 16.4. The van der Waals surface area contributed by atoms with Crippen LogP contribution in [-0.2, 0) is 0 Å². The molecule has 1 aliphatic carbocycles. The number of aromatic nitrogens is 2. The molecule has 0 aliphatic heterocycles. The number of hydrogen-bond acceptors (Lipinski definition) is 3. The van der Waals surface area contributed by atoms with Gasteiger partial charge in [0.25, 0.3) is 0 Å². The lowest BCUT2D eigenvalue weighted by Crippen LogP contribution is -2.20. The molecule has 1 fully saturated rings. The number of hydrogen-bond donors (Lipinski definition) is 2. The van der Waals surface area contributed by atoms with Crippen LogP contribution in [0.3, 0.4) is 0 Å². The Morgan fingerprint density at radius 1 is 1.11 bits per heavy atom. The number of aromatic amines is 1. The number of nitrogens with zero attached hydrogens (tertiary/aromatic N) is 2. The van der Waals surface area contributed by atoms with E-state index in [1.165, 1.54) is 12.8 Å². The summed E-state index contributed by atoms with van der Waals surface area (Å²) < 4.78 is 0. The van der Waals surface area contributed by atoms with E-state index in [9.17, 15) is 9.90 Å². The number of carboxylic acid groups (broad SMARTS) is 1. The molecule has 2 heterocycles. The van der Waals surface area contributed by atoms with Crippen molar-refractivity contribution in [2.75, 3.05) is 11.9 Å². The van der Waals surface area contributed by atoms with Crippen molar-refractivity contribution in [2.24, 2.45) is 0 Å². The lowest BCUT2D eigenvalue weighted by molar-refractivity contribution is 0.0697. The molecule has 1 aliphatic rings. The number of pyridine rings is 1. The average Bonchev–Trinajstić information content (AvgIpc) is 3.43. The smallest absolute Gasteiger partial charge is 0.335 e. The van der Waals surface area contributed by atoms with Crippen molar-refractivity contribution < 1.29 is 9.90 Å². The van der Waals surface area contributed by atoms with E-state index in [2.05, 4.69) is 47.3 Å². The molecule has 5 rings (SSSR count). The molecular weight excluding hydrogens is 338 g/mol. The van der Waals surface area contributed by atoms with Crippen LogP contribution in [-0.4, -0.2) is 34.1 Å². The van der Waals surface area contributed by atoms with Gasteiger partial charge in [-0.2, -0.15) is 0 Å². The number of anilines is 1. The fourth-order valence-corrected chi connectivity index (χ4v) is 3.64. The average molecular weight is 357 g/mol. The van der Waals surface area contributed by atoms with Gasteiger partial charge in [-0.25, -0.2) is 9.78 Å². The summed E-state index contributed by atoms with van der Waals surface area (Å²) in [5.41, 5.74) is 5.23. The second-order valence-corrected chi connectivity index (χ2v) is 7.19. The molecule has 2 N–H and O–H groups in total. The second kappa shape index (κ2) is 5.84. The molecule has 0 bridgehead atoms. The summed E-state index contributed by atoms with van der Waals surface area (Å²) in [5, 5.41) is 11.3. The molecule has 5 heteroatoms. The Morgan fingerprint density at radius 2 is 1.96 bits per heavy atom. The van der Waals surface area contributed by atoms with Crippen molar-refractivity contribution in [3.05, 3.63) is 60.3 Å². The third kappa shape index (κ3) is 2.72. The summed E-state index contributed by atoms with van der Waals surface area (Å²) in [6.45, 7) is 0. The SMILES string of the molecule is CN(c1cc2cc(C(=O)O)ccc2nc1-c1ccc2[nH]ccc2c1)C1CC1. The van der Waals surface area contributed by atoms with E-state index in [1.807, 2.05) is 6.20 Å². The highest BCUT2D eigenvalue weighted by Crippen LogP contribution is 2.38. The van der Waals surface area contributed by atoms with Crippen molar-refractivity contribution in [2.45, 2.75) is 18.9 Å². The topological polar surface area (TPSA) is 69.2 Å². The van der Waals surface area contributed by atoms with Crippen LogP contribution >= 0.6 is 0 Å². The summed E-state index contributed by atoms with van der Waals surface area (Å²) in [4.78, 5) is 21.8. The number of fused-ring (bicyclic) bond motifs is 2. The van der Waals surface area contributed by atoms with Gasteiger partial charge in [-0.1, -0.05) is 6.07 Å². The van der Waals surface area contributed by atoms with Gasteiger partial charge in [0.05, 0.1) is 22.5 Å². The lowest BCUT2D eigenvalue weighted by atomic mass is 10.0. The van der Waals surface area contributed by atoms with Crippen LogP contribution in [0.15, 0.2) is 54.7 Å². The van der Waals surface area contributed by atoms with E-state index in [0.717, 1.165) is 38.8 Å². The maximum atomic E-state index is 11.3. The van der Waals surface area contributed by atoms with Crippen LogP contribution in [0.1, 0.15) is 23.2 Å². The Balaban J connectivity index is 1.74.